The number of amides is 1. The number of carbonyl (C=O) groups is 1. The number of nitrogens with one attached hydrogen (secondary N) is 2. The average Bonchev–Trinajstić information content (AvgIpc) is 3.07. The van der Waals surface area contributed by atoms with Gasteiger partial charge in [-0.1, -0.05) is 23.2 Å². The minimum atomic E-state index is 0.0330. The minimum Gasteiger partial charge on any atom is -0.352 e. The Kier molecular flexibility index (Phi) is 4.26. The van der Waals surface area contributed by atoms with E-state index in [4.69, 9.17) is 23.2 Å². The van der Waals surface area contributed by atoms with Gasteiger partial charge in [0.25, 0.3) is 0 Å². The standard InChI is InChI=1S/C12H14Cl2N2O/c13-9-1-4-11(14)8(5-9)6-15-7-12(17)16-10-2-3-10/h1,4-5,10,15H,2-3,6-7H2,(H,16,17). The van der Waals surface area contributed by atoms with Crippen molar-refractivity contribution in [3.05, 3.63) is 33.8 Å². The Morgan fingerprint density at radius 2 is 2.12 bits per heavy atom. The Labute approximate surface area is 110 Å². The highest BCUT2D eigenvalue weighted by Gasteiger charge is 2.22. The molecule has 0 heterocycles. The molecule has 17 heavy (non-hydrogen) atoms. The monoisotopic (exact) mass is 272 g/mol. The highest BCUT2D eigenvalue weighted by molar-refractivity contribution is 6.33. The summed E-state index contributed by atoms with van der Waals surface area (Å²) >= 11 is 11.9. The van der Waals surface area contributed by atoms with Gasteiger partial charge < -0.3 is 10.6 Å². The molecule has 0 spiro atoms. The zero-order valence-corrected chi connectivity index (χ0v) is 10.8. The fourth-order valence-corrected chi connectivity index (χ4v) is 1.87. The second kappa shape index (κ2) is 5.71. The summed E-state index contributed by atoms with van der Waals surface area (Å²) in [6, 6.07) is 5.70. The van der Waals surface area contributed by atoms with Gasteiger partial charge in [-0.05, 0) is 36.6 Å². The van der Waals surface area contributed by atoms with Gasteiger partial charge in [-0.25, -0.2) is 0 Å². The largest absolute Gasteiger partial charge is 0.352 e. The molecule has 1 amide bonds. The van der Waals surface area contributed by atoms with Gasteiger partial charge >= 0.3 is 0 Å². The molecule has 0 aromatic heterocycles. The highest BCUT2D eigenvalue weighted by atomic mass is 35.5. The van der Waals surface area contributed by atoms with Crippen LogP contribution in [-0.2, 0) is 11.3 Å². The van der Waals surface area contributed by atoms with Gasteiger partial charge in [-0.15, -0.1) is 0 Å². The van der Waals surface area contributed by atoms with Crippen LogP contribution in [0.2, 0.25) is 10.0 Å². The molecule has 1 aromatic rings. The Hall–Kier alpha value is -0.770. The average molecular weight is 273 g/mol. The number of halogens is 2. The zero-order chi connectivity index (χ0) is 12.3. The molecule has 1 saturated carbocycles. The van der Waals surface area contributed by atoms with Crippen molar-refractivity contribution in [2.45, 2.75) is 25.4 Å². The van der Waals surface area contributed by atoms with E-state index < -0.39 is 0 Å². The first-order valence-electron chi connectivity index (χ1n) is 5.59. The first-order valence-corrected chi connectivity index (χ1v) is 6.35. The van der Waals surface area contributed by atoms with E-state index in [9.17, 15) is 4.79 Å². The Bertz CT molecular complexity index is 419. The Morgan fingerprint density at radius 3 is 2.82 bits per heavy atom. The third kappa shape index (κ3) is 4.19. The smallest absolute Gasteiger partial charge is 0.234 e. The van der Waals surface area contributed by atoms with Gasteiger partial charge in [-0.2, -0.15) is 0 Å². The lowest BCUT2D eigenvalue weighted by Gasteiger charge is -2.07. The Morgan fingerprint density at radius 1 is 1.35 bits per heavy atom. The van der Waals surface area contributed by atoms with Crippen LogP contribution in [-0.4, -0.2) is 18.5 Å². The molecule has 3 nitrogen and oxygen atoms in total. The van der Waals surface area contributed by atoms with E-state index in [0.717, 1.165) is 18.4 Å². The number of benzene rings is 1. The zero-order valence-electron chi connectivity index (χ0n) is 9.30. The molecule has 0 atom stereocenters. The molecule has 1 aliphatic rings. The summed E-state index contributed by atoms with van der Waals surface area (Å²) in [6.07, 6.45) is 2.21. The fourth-order valence-electron chi connectivity index (χ4n) is 1.50. The van der Waals surface area contributed by atoms with Crippen LogP contribution in [0.15, 0.2) is 18.2 Å². The van der Waals surface area contributed by atoms with Crippen molar-refractivity contribution in [1.29, 1.82) is 0 Å². The molecule has 0 aliphatic heterocycles. The quantitative estimate of drug-likeness (QED) is 0.864. The number of hydrogen-bond acceptors (Lipinski definition) is 2. The molecule has 1 fully saturated rings. The first-order chi connectivity index (χ1) is 8.15. The summed E-state index contributed by atoms with van der Waals surface area (Å²) in [4.78, 5) is 11.4. The molecule has 2 rings (SSSR count). The molecule has 92 valence electrons. The second-order valence-electron chi connectivity index (χ2n) is 4.18. The van der Waals surface area contributed by atoms with Crippen molar-refractivity contribution in [1.82, 2.24) is 10.6 Å². The van der Waals surface area contributed by atoms with Crippen molar-refractivity contribution >= 4 is 29.1 Å². The maximum absolute atomic E-state index is 11.4. The van der Waals surface area contributed by atoms with Gasteiger partial charge in [0.1, 0.15) is 0 Å². The fraction of sp³-hybridized carbons (Fsp3) is 0.417. The molecule has 1 aliphatic carbocycles. The van der Waals surface area contributed by atoms with Gasteiger partial charge in [0.2, 0.25) is 5.91 Å². The van der Waals surface area contributed by atoms with Gasteiger partial charge in [0.05, 0.1) is 6.54 Å². The third-order valence-corrected chi connectivity index (χ3v) is 3.16. The van der Waals surface area contributed by atoms with Crippen LogP contribution in [0.1, 0.15) is 18.4 Å². The number of carbonyl (C=O) groups excluding carboxylic acids is 1. The second-order valence-corrected chi connectivity index (χ2v) is 5.02. The first kappa shape index (κ1) is 12.7. The van der Waals surface area contributed by atoms with E-state index in [1.807, 2.05) is 0 Å². The normalized spacial score (nSPS) is 14.7. The van der Waals surface area contributed by atoms with Crippen LogP contribution in [0.3, 0.4) is 0 Å². The van der Waals surface area contributed by atoms with E-state index in [2.05, 4.69) is 10.6 Å². The molecule has 0 saturated heterocycles. The van der Waals surface area contributed by atoms with E-state index in [-0.39, 0.29) is 5.91 Å². The topological polar surface area (TPSA) is 41.1 Å². The minimum absolute atomic E-state index is 0.0330. The number of hydrogen-bond donors (Lipinski definition) is 2. The summed E-state index contributed by atoms with van der Waals surface area (Å²) in [6.45, 7) is 0.844. The predicted molar refractivity (Wildman–Crippen MR) is 69.3 cm³/mol. The van der Waals surface area contributed by atoms with E-state index in [1.165, 1.54) is 0 Å². The summed E-state index contributed by atoms with van der Waals surface area (Å²) < 4.78 is 0. The van der Waals surface area contributed by atoms with Crippen LogP contribution in [0.4, 0.5) is 0 Å². The van der Waals surface area contributed by atoms with E-state index in [0.29, 0.717) is 29.2 Å². The SMILES string of the molecule is O=C(CNCc1cc(Cl)ccc1Cl)NC1CC1. The van der Waals surface area contributed by atoms with Crippen molar-refractivity contribution in [3.8, 4) is 0 Å². The summed E-state index contributed by atoms with van der Waals surface area (Å²) in [5.74, 6) is 0.0330. The van der Waals surface area contributed by atoms with E-state index >= 15 is 0 Å². The molecule has 0 radical (unpaired) electrons. The summed E-state index contributed by atoms with van der Waals surface area (Å²) in [5.41, 5.74) is 0.901. The molecule has 2 N–H and O–H groups in total. The lowest BCUT2D eigenvalue weighted by atomic mass is 10.2. The maximum atomic E-state index is 11.4. The molecule has 0 unspecified atom stereocenters. The predicted octanol–water partition coefficient (Wildman–Crippen LogP) is 2.36. The molecule has 5 heteroatoms. The lowest BCUT2D eigenvalue weighted by molar-refractivity contribution is -0.120. The van der Waals surface area contributed by atoms with Crippen LogP contribution in [0.5, 0.6) is 0 Å². The van der Waals surface area contributed by atoms with Crippen LogP contribution in [0.25, 0.3) is 0 Å². The van der Waals surface area contributed by atoms with Gasteiger partial charge in [-0.3, -0.25) is 4.79 Å². The Balaban J connectivity index is 1.76. The molecule has 0 bridgehead atoms. The van der Waals surface area contributed by atoms with Crippen LogP contribution < -0.4 is 10.6 Å². The van der Waals surface area contributed by atoms with Gasteiger partial charge in [0, 0.05) is 22.6 Å². The van der Waals surface area contributed by atoms with Crippen molar-refractivity contribution < 1.29 is 4.79 Å². The lowest BCUT2D eigenvalue weighted by Crippen LogP contribution is -2.34. The highest BCUT2D eigenvalue weighted by Crippen LogP contribution is 2.20. The summed E-state index contributed by atoms with van der Waals surface area (Å²) in [5, 5.41) is 7.26. The molecular formula is C12H14Cl2N2O. The van der Waals surface area contributed by atoms with Crippen molar-refractivity contribution in [2.24, 2.45) is 0 Å². The summed E-state index contributed by atoms with van der Waals surface area (Å²) in [7, 11) is 0. The maximum Gasteiger partial charge on any atom is 0.234 e. The molecular weight excluding hydrogens is 259 g/mol. The van der Waals surface area contributed by atoms with Gasteiger partial charge in [0.15, 0.2) is 0 Å². The van der Waals surface area contributed by atoms with Crippen LogP contribution in [0, 0.1) is 0 Å². The molecule has 1 aromatic carbocycles. The number of rotatable bonds is 5. The van der Waals surface area contributed by atoms with E-state index in [1.54, 1.807) is 18.2 Å². The third-order valence-electron chi connectivity index (χ3n) is 2.55. The van der Waals surface area contributed by atoms with Crippen molar-refractivity contribution in [3.63, 3.8) is 0 Å². The van der Waals surface area contributed by atoms with Crippen LogP contribution >= 0.6 is 23.2 Å². The van der Waals surface area contributed by atoms with Crippen molar-refractivity contribution in [2.75, 3.05) is 6.54 Å².